The molecule has 1 N–H and O–H groups in total. The molecule has 0 unspecified atom stereocenters. The predicted molar refractivity (Wildman–Crippen MR) is 126 cm³/mol. The standard InChI is InChI=1S/C24H26ClN5O2/c1-2-32-23(31)8-12-27-22-16-21(25)28-24(29-22)20-15-19(7-11-26-20)30-13-9-17-5-3-4-6-18(17)10-14-30/h3-7,11,15-16H,2,8-10,12-14H2,1H3,(H,27,28,29). The van der Waals surface area contributed by atoms with E-state index < -0.39 is 0 Å². The molecule has 1 aliphatic heterocycles. The molecule has 32 heavy (non-hydrogen) atoms. The molecule has 4 rings (SSSR count). The Balaban J connectivity index is 1.48. The minimum Gasteiger partial charge on any atom is -0.466 e. The van der Waals surface area contributed by atoms with Gasteiger partial charge in [0.25, 0.3) is 0 Å². The Kier molecular flexibility index (Phi) is 7.17. The number of hydrogen-bond donors (Lipinski definition) is 1. The van der Waals surface area contributed by atoms with Crippen molar-refractivity contribution in [1.82, 2.24) is 15.0 Å². The zero-order valence-electron chi connectivity index (χ0n) is 18.1. The van der Waals surface area contributed by atoms with Crippen molar-refractivity contribution < 1.29 is 9.53 Å². The summed E-state index contributed by atoms with van der Waals surface area (Å²) in [5.41, 5.74) is 4.57. The average Bonchev–Trinajstić information content (AvgIpc) is 3.02. The molecule has 0 bridgehead atoms. The number of rotatable bonds is 7. The number of aromatic nitrogens is 3. The van der Waals surface area contributed by atoms with E-state index in [1.807, 2.05) is 12.1 Å². The van der Waals surface area contributed by atoms with E-state index >= 15 is 0 Å². The number of carbonyl (C=O) groups is 1. The van der Waals surface area contributed by atoms with E-state index in [9.17, 15) is 4.79 Å². The van der Waals surface area contributed by atoms with Gasteiger partial charge in [-0.3, -0.25) is 9.78 Å². The van der Waals surface area contributed by atoms with Gasteiger partial charge >= 0.3 is 5.97 Å². The highest BCUT2D eigenvalue weighted by atomic mass is 35.5. The van der Waals surface area contributed by atoms with E-state index in [-0.39, 0.29) is 12.4 Å². The Morgan fingerprint density at radius 3 is 2.59 bits per heavy atom. The number of ether oxygens (including phenoxy) is 1. The fourth-order valence-corrected chi connectivity index (χ4v) is 4.00. The summed E-state index contributed by atoms with van der Waals surface area (Å²) in [6.45, 7) is 4.43. The van der Waals surface area contributed by atoms with E-state index in [1.54, 1.807) is 19.2 Å². The second kappa shape index (κ2) is 10.4. The number of carbonyl (C=O) groups excluding carboxylic acids is 1. The first-order valence-electron chi connectivity index (χ1n) is 10.8. The molecule has 0 aliphatic carbocycles. The maximum absolute atomic E-state index is 11.5. The number of nitrogens with zero attached hydrogens (tertiary/aromatic N) is 4. The lowest BCUT2D eigenvalue weighted by molar-refractivity contribution is -0.142. The molecule has 0 spiro atoms. The molecule has 0 radical (unpaired) electrons. The highest BCUT2D eigenvalue weighted by Gasteiger charge is 2.16. The molecule has 7 nitrogen and oxygen atoms in total. The molecule has 0 saturated heterocycles. The molecule has 0 saturated carbocycles. The maximum Gasteiger partial charge on any atom is 0.307 e. The van der Waals surface area contributed by atoms with Crippen LogP contribution in [0.2, 0.25) is 5.15 Å². The normalized spacial score (nSPS) is 13.2. The van der Waals surface area contributed by atoms with Crippen molar-refractivity contribution in [3.05, 3.63) is 64.9 Å². The van der Waals surface area contributed by atoms with Crippen LogP contribution in [-0.4, -0.2) is 47.2 Å². The Labute approximate surface area is 192 Å². The maximum atomic E-state index is 11.5. The van der Waals surface area contributed by atoms with Gasteiger partial charge in [-0.25, -0.2) is 9.97 Å². The SMILES string of the molecule is CCOC(=O)CCNc1cc(Cl)nc(-c2cc(N3CCc4ccccc4CC3)ccn2)n1. The number of pyridine rings is 1. The monoisotopic (exact) mass is 451 g/mol. The van der Waals surface area contributed by atoms with Crippen molar-refractivity contribution in [1.29, 1.82) is 0 Å². The number of esters is 1. The molecular formula is C24H26ClN5O2. The highest BCUT2D eigenvalue weighted by molar-refractivity contribution is 6.29. The van der Waals surface area contributed by atoms with E-state index in [1.165, 1.54) is 11.1 Å². The lowest BCUT2D eigenvalue weighted by Crippen LogP contribution is -2.26. The number of hydrogen-bond acceptors (Lipinski definition) is 7. The topological polar surface area (TPSA) is 80.2 Å². The van der Waals surface area contributed by atoms with Gasteiger partial charge in [0.2, 0.25) is 0 Å². The second-order valence-electron chi connectivity index (χ2n) is 7.54. The molecule has 0 atom stereocenters. The lowest BCUT2D eigenvalue weighted by atomic mass is 10.0. The van der Waals surface area contributed by atoms with Crippen LogP contribution in [0.15, 0.2) is 48.7 Å². The Bertz CT molecular complexity index is 1060. The molecule has 0 fully saturated rings. The number of anilines is 2. The predicted octanol–water partition coefficient (Wildman–Crippen LogP) is 4.16. The van der Waals surface area contributed by atoms with Gasteiger partial charge in [0, 0.05) is 37.6 Å². The number of halogens is 1. The highest BCUT2D eigenvalue weighted by Crippen LogP contribution is 2.25. The zero-order valence-corrected chi connectivity index (χ0v) is 18.8. The minimum atomic E-state index is -0.255. The van der Waals surface area contributed by atoms with E-state index in [2.05, 4.69) is 49.4 Å². The fourth-order valence-electron chi connectivity index (χ4n) is 3.81. The summed E-state index contributed by atoms with van der Waals surface area (Å²) in [6, 6.07) is 14.3. The molecule has 0 amide bonds. The van der Waals surface area contributed by atoms with E-state index in [0.717, 1.165) is 31.6 Å². The third kappa shape index (κ3) is 5.53. The van der Waals surface area contributed by atoms with Gasteiger partial charge in [0.05, 0.1) is 13.0 Å². The van der Waals surface area contributed by atoms with Gasteiger partial charge in [0.1, 0.15) is 16.7 Å². The summed E-state index contributed by atoms with van der Waals surface area (Å²) in [4.78, 5) is 27.3. The number of fused-ring (bicyclic) bond motifs is 1. The number of benzene rings is 1. The third-order valence-corrected chi connectivity index (χ3v) is 5.59. The van der Waals surface area contributed by atoms with Gasteiger partial charge in [-0.1, -0.05) is 35.9 Å². The Morgan fingerprint density at radius 2 is 1.88 bits per heavy atom. The van der Waals surface area contributed by atoms with Crippen LogP contribution in [0.4, 0.5) is 11.5 Å². The summed E-state index contributed by atoms with van der Waals surface area (Å²) in [5.74, 6) is 0.729. The third-order valence-electron chi connectivity index (χ3n) is 5.39. The van der Waals surface area contributed by atoms with Gasteiger partial charge < -0.3 is 15.0 Å². The van der Waals surface area contributed by atoms with Crippen molar-refractivity contribution in [2.45, 2.75) is 26.2 Å². The van der Waals surface area contributed by atoms with Gasteiger partial charge in [0.15, 0.2) is 5.82 Å². The molecule has 2 aromatic heterocycles. The molecule has 1 aromatic carbocycles. The van der Waals surface area contributed by atoms with E-state index in [0.29, 0.717) is 35.6 Å². The zero-order chi connectivity index (χ0) is 22.3. The summed E-state index contributed by atoms with van der Waals surface area (Å²) >= 11 is 6.23. The van der Waals surface area contributed by atoms with Crippen LogP contribution in [0.5, 0.6) is 0 Å². The smallest absolute Gasteiger partial charge is 0.307 e. The summed E-state index contributed by atoms with van der Waals surface area (Å²) in [6.07, 6.45) is 4.04. The van der Waals surface area contributed by atoms with Crippen LogP contribution < -0.4 is 10.2 Å². The Morgan fingerprint density at radius 1 is 1.12 bits per heavy atom. The van der Waals surface area contributed by atoms with Gasteiger partial charge in [-0.2, -0.15) is 0 Å². The Hall–Kier alpha value is -3.19. The van der Waals surface area contributed by atoms with Crippen LogP contribution >= 0.6 is 11.6 Å². The van der Waals surface area contributed by atoms with Crippen molar-refractivity contribution in [3.8, 4) is 11.5 Å². The first-order chi connectivity index (χ1) is 15.6. The fraction of sp³-hybridized carbons (Fsp3) is 0.333. The molecule has 1 aliphatic rings. The van der Waals surface area contributed by atoms with Crippen LogP contribution in [-0.2, 0) is 22.4 Å². The quantitative estimate of drug-likeness (QED) is 0.426. The molecule has 8 heteroatoms. The first-order valence-corrected chi connectivity index (χ1v) is 11.2. The summed E-state index contributed by atoms with van der Waals surface area (Å²) < 4.78 is 4.94. The minimum absolute atomic E-state index is 0.246. The van der Waals surface area contributed by atoms with Crippen molar-refractivity contribution in [2.75, 3.05) is 36.5 Å². The van der Waals surface area contributed by atoms with Crippen LogP contribution in [0.3, 0.4) is 0 Å². The van der Waals surface area contributed by atoms with Crippen molar-refractivity contribution >= 4 is 29.1 Å². The van der Waals surface area contributed by atoms with Crippen LogP contribution in [0, 0.1) is 0 Å². The molecule has 166 valence electrons. The van der Waals surface area contributed by atoms with Gasteiger partial charge in [-0.05, 0) is 43.0 Å². The second-order valence-corrected chi connectivity index (χ2v) is 7.92. The van der Waals surface area contributed by atoms with Crippen LogP contribution in [0.25, 0.3) is 11.5 Å². The summed E-state index contributed by atoms with van der Waals surface area (Å²) in [5, 5.41) is 3.42. The molecule has 3 aromatic rings. The van der Waals surface area contributed by atoms with Crippen molar-refractivity contribution in [2.24, 2.45) is 0 Å². The molecular weight excluding hydrogens is 426 g/mol. The van der Waals surface area contributed by atoms with Crippen LogP contribution in [0.1, 0.15) is 24.5 Å². The lowest BCUT2D eigenvalue weighted by Gasteiger charge is -2.22. The first kappa shape index (κ1) is 22.0. The van der Waals surface area contributed by atoms with Crippen molar-refractivity contribution in [3.63, 3.8) is 0 Å². The van der Waals surface area contributed by atoms with Gasteiger partial charge in [-0.15, -0.1) is 0 Å². The van der Waals surface area contributed by atoms with E-state index in [4.69, 9.17) is 16.3 Å². The largest absolute Gasteiger partial charge is 0.466 e. The average molecular weight is 452 g/mol. The molecule has 3 heterocycles. The number of nitrogens with one attached hydrogen (secondary N) is 1. The summed E-state index contributed by atoms with van der Waals surface area (Å²) in [7, 11) is 0.